The van der Waals surface area contributed by atoms with Crippen LogP contribution in [-0.2, 0) is 16.5 Å². The highest BCUT2D eigenvalue weighted by Crippen LogP contribution is 2.32. The molecule has 0 aliphatic carbocycles. The molecule has 0 spiro atoms. The van der Waals surface area contributed by atoms with Crippen LogP contribution >= 0.6 is 15.9 Å². The zero-order valence-corrected chi connectivity index (χ0v) is 10.2. The van der Waals surface area contributed by atoms with Gasteiger partial charge in [-0.15, -0.1) is 13.2 Å². The molecule has 0 bridgehead atoms. The highest BCUT2D eigenvalue weighted by atomic mass is 79.9. The second-order valence-electron chi connectivity index (χ2n) is 3.16. The molecule has 1 rings (SSSR count). The van der Waals surface area contributed by atoms with Gasteiger partial charge in [-0.25, -0.2) is 4.98 Å². The largest absolute Gasteiger partial charge is 0.574 e. The molecule has 9 heteroatoms. The van der Waals surface area contributed by atoms with Crippen LogP contribution in [0.25, 0.3) is 0 Å². The molecule has 5 nitrogen and oxygen atoms in total. The number of aromatic hydroxyl groups is 1. The van der Waals surface area contributed by atoms with Gasteiger partial charge in [0.15, 0.2) is 0 Å². The molecule has 0 aromatic carbocycles. The SMILES string of the molecule is O=C(O)Cc1c(O)cnc(OC(F)(F)F)c1CBr. The molecule has 0 atom stereocenters. The minimum Gasteiger partial charge on any atom is -0.506 e. The maximum absolute atomic E-state index is 12.1. The van der Waals surface area contributed by atoms with Crippen molar-refractivity contribution in [2.24, 2.45) is 0 Å². The van der Waals surface area contributed by atoms with E-state index < -0.39 is 30.4 Å². The summed E-state index contributed by atoms with van der Waals surface area (Å²) in [6.45, 7) is 0. The van der Waals surface area contributed by atoms with Crippen LogP contribution in [0.2, 0.25) is 0 Å². The van der Waals surface area contributed by atoms with E-state index in [0.29, 0.717) is 6.20 Å². The van der Waals surface area contributed by atoms with Gasteiger partial charge in [-0.3, -0.25) is 4.79 Å². The van der Waals surface area contributed by atoms with Crippen LogP contribution < -0.4 is 4.74 Å². The van der Waals surface area contributed by atoms with Gasteiger partial charge < -0.3 is 14.9 Å². The van der Waals surface area contributed by atoms with E-state index in [4.69, 9.17) is 5.11 Å². The van der Waals surface area contributed by atoms with Gasteiger partial charge >= 0.3 is 12.3 Å². The molecule has 0 saturated carbocycles. The van der Waals surface area contributed by atoms with E-state index in [1.165, 1.54) is 0 Å². The monoisotopic (exact) mass is 329 g/mol. The Morgan fingerprint density at radius 2 is 2.06 bits per heavy atom. The molecule has 0 aliphatic heterocycles. The van der Waals surface area contributed by atoms with Gasteiger partial charge in [0.2, 0.25) is 5.88 Å². The topological polar surface area (TPSA) is 79.7 Å². The Kier molecular flexibility index (Phi) is 4.38. The molecule has 100 valence electrons. The fourth-order valence-corrected chi connectivity index (χ4v) is 1.82. The predicted octanol–water partition coefficient (Wildman–Crippen LogP) is 2.21. The molecule has 1 heterocycles. The number of nitrogens with zero attached hydrogens (tertiary/aromatic N) is 1. The summed E-state index contributed by atoms with van der Waals surface area (Å²) < 4.78 is 39.9. The van der Waals surface area contributed by atoms with Crippen LogP contribution in [0.3, 0.4) is 0 Å². The lowest BCUT2D eigenvalue weighted by atomic mass is 10.1. The molecule has 1 aromatic heterocycles. The highest BCUT2D eigenvalue weighted by Gasteiger charge is 2.33. The quantitative estimate of drug-likeness (QED) is 0.828. The molecule has 1 aromatic rings. The molecular formula is C9H7BrF3NO4. The zero-order valence-electron chi connectivity index (χ0n) is 8.66. The molecule has 0 amide bonds. The summed E-state index contributed by atoms with van der Waals surface area (Å²) in [5.41, 5.74) is -0.330. The summed E-state index contributed by atoms with van der Waals surface area (Å²) in [6.07, 6.45) is -4.86. The second kappa shape index (κ2) is 5.42. The highest BCUT2D eigenvalue weighted by molar-refractivity contribution is 9.08. The van der Waals surface area contributed by atoms with Crippen molar-refractivity contribution >= 4 is 21.9 Å². The van der Waals surface area contributed by atoms with Crippen molar-refractivity contribution in [3.63, 3.8) is 0 Å². The normalized spacial score (nSPS) is 11.3. The van der Waals surface area contributed by atoms with E-state index in [-0.39, 0.29) is 16.5 Å². The van der Waals surface area contributed by atoms with E-state index in [1.54, 1.807) is 0 Å². The number of halogens is 4. The van der Waals surface area contributed by atoms with Crippen molar-refractivity contribution in [1.29, 1.82) is 0 Å². The fourth-order valence-electron chi connectivity index (χ4n) is 1.24. The lowest BCUT2D eigenvalue weighted by Gasteiger charge is -2.14. The third kappa shape index (κ3) is 3.76. The number of hydrogen-bond donors (Lipinski definition) is 2. The van der Waals surface area contributed by atoms with Gasteiger partial charge in [-0.1, -0.05) is 15.9 Å². The molecular weight excluding hydrogens is 323 g/mol. The number of rotatable bonds is 4. The Morgan fingerprint density at radius 1 is 1.44 bits per heavy atom. The number of carboxylic acids is 1. The van der Waals surface area contributed by atoms with Gasteiger partial charge in [0.25, 0.3) is 0 Å². The van der Waals surface area contributed by atoms with E-state index >= 15 is 0 Å². The lowest BCUT2D eigenvalue weighted by molar-refractivity contribution is -0.276. The van der Waals surface area contributed by atoms with Gasteiger partial charge in [0.05, 0.1) is 12.6 Å². The van der Waals surface area contributed by atoms with Gasteiger partial charge in [0, 0.05) is 16.5 Å². The first kappa shape index (κ1) is 14.6. The Hall–Kier alpha value is -1.51. The number of aromatic nitrogens is 1. The predicted molar refractivity (Wildman–Crippen MR) is 56.6 cm³/mol. The zero-order chi connectivity index (χ0) is 13.9. The number of ether oxygens (including phenoxy) is 1. The van der Waals surface area contributed by atoms with Crippen LogP contribution in [-0.4, -0.2) is 27.5 Å². The van der Waals surface area contributed by atoms with Crippen LogP contribution in [0, 0.1) is 0 Å². The number of alkyl halides is 4. The van der Waals surface area contributed by atoms with Gasteiger partial charge in [-0.2, -0.15) is 0 Å². The van der Waals surface area contributed by atoms with E-state index in [2.05, 4.69) is 25.7 Å². The third-order valence-electron chi connectivity index (χ3n) is 1.91. The van der Waals surface area contributed by atoms with Gasteiger partial charge in [0.1, 0.15) is 5.75 Å². The maximum Gasteiger partial charge on any atom is 0.574 e. The summed E-state index contributed by atoms with van der Waals surface area (Å²) in [4.78, 5) is 13.9. The summed E-state index contributed by atoms with van der Waals surface area (Å²) in [6, 6.07) is 0. The van der Waals surface area contributed by atoms with E-state index in [0.717, 1.165) is 0 Å². The van der Waals surface area contributed by atoms with Crippen LogP contribution in [0.5, 0.6) is 11.6 Å². The molecule has 0 fully saturated rings. The Balaban J connectivity index is 3.24. The number of carbonyl (C=O) groups is 1. The Morgan fingerprint density at radius 3 is 2.50 bits per heavy atom. The molecule has 0 unspecified atom stereocenters. The molecule has 0 saturated heterocycles. The van der Waals surface area contributed by atoms with Crippen molar-refractivity contribution in [2.75, 3.05) is 0 Å². The van der Waals surface area contributed by atoms with Crippen molar-refractivity contribution in [3.8, 4) is 11.6 Å². The minimum atomic E-state index is -4.94. The second-order valence-corrected chi connectivity index (χ2v) is 3.72. The van der Waals surface area contributed by atoms with Crippen LogP contribution in [0.4, 0.5) is 13.2 Å². The summed E-state index contributed by atoms with van der Waals surface area (Å²) in [7, 11) is 0. The summed E-state index contributed by atoms with van der Waals surface area (Å²) in [5.74, 6) is -2.58. The first-order chi connectivity index (χ1) is 8.24. The smallest absolute Gasteiger partial charge is 0.506 e. The molecule has 18 heavy (non-hydrogen) atoms. The van der Waals surface area contributed by atoms with Crippen molar-refractivity contribution in [3.05, 3.63) is 17.3 Å². The molecule has 0 aliphatic rings. The number of aliphatic carboxylic acids is 1. The number of hydrogen-bond acceptors (Lipinski definition) is 4. The van der Waals surface area contributed by atoms with E-state index in [9.17, 15) is 23.1 Å². The summed E-state index contributed by atoms with van der Waals surface area (Å²) in [5, 5.41) is 17.9. The van der Waals surface area contributed by atoms with Crippen molar-refractivity contribution in [2.45, 2.75) is 18.1 Å². The standard InChI is InChI=1S/C9H7BrF3NO4/c10-2-5-4(1-7(16)17)6(15)3-14-8(5)18-9(11,12)13/h3,15H,1-2H2,(H,16,17). The number of pyridine rings is 1. The van der Waals surface area contributed by atoms with Crippen molar-refractivity contribution < 1.29 is 32.9 Å². The lowest BCUT2D eigenvalue weighted by Crippen LogP contribution is -2.19. The molecule has 2 N–H and O–H groups in total. The third-order valence-corrected chi connectivity index (χ3v) is 2.47. The van der Waals surface area contributed by atoms with E-state index in [1.807, 2.05) is 0 Å². The fraction of sp³-hybridized carbons (Fsp3) is 0.333. The van der Waals surface area contributed by atoms with Crippen LogP contribution in [0.15, 0.2) is 6.20 Å². The van der Waals surface area contributed by atoms with Crippen LogP contribution in [0.1, 0.15) is 11.1 Å². The Labute approximate surface area is 107 Å². The average Bonchev–Trinajstić information content (AvgIpc) is 2.20. The van der Waals surface area contributed by atoms with Gasteiger partial charge in [-0.05, 0) is 0 Å². The molecule has 0 radical (unpaired) electrons. The minimum absolute atomic E-state index is 0.136. The first-order valence-corrected chi connectivity index (χ1v) is 5.60. The average molecular weight is 330 g/mol. The van der Waals surface area contributed by atoms with Crippen molar-refractivity contribution in [1.82, 2.24) is 4.98 Å². The number of carboxylic acid groups (broad SMARTS) is 1. The first-order valence-electron chi connectivity index (χ1n) is 4.47. The summed E-state index contributed by atoms with van der Waals surface area (Å²) >= 11 is 2.90. The Bertz CT molecular complexity index is 464. The maximum atomic E-state index is 12.1.